The van der Waals surface area contributed by atoms with Gasteiger partial charge in [0, 0.05) is 35.0 Å². The van der Waals surface area contributed by atoms with Crippen molar-refractivity contribution in [3.63, 3.8) is 0 Å². The van der Waals surface area contributed by atoms with Crippen LogP contribution in [0.1, 0.15) is 44.2 Å². The minimum absolute atomic E-state index is 0.0133. The molecule has 258 valence electrons. The first kappa shape index (κ1) is 36.3. The van der Waals surface area contributed by atoms with Crippen molar-refractivity contribution in [2.24, 2.45) is 15.3 Å². The average molecular weight is 679 g/mol. The lowest BCUT2D eigenvalue weighted by Crippen LogP contribution is -2.60. The van der Waals surface area contributed by atoms with E-state index in [0.29, 0.717) is 0 Å². The smallest absolute Gasteiger partial charge is 0.434 e. The molecular weight excluding hydrogens is 644 g/mol. The van der Waals surface area contributed by atoms with Crippen molar-refractivity contribution in [3.05, 3.63) is 103 Å². The van der Waals surface area contributed by atoms with E-state index in [1.165, 1.54) is 0 Å². The molecule has 8 unspecified atom stereocenters. The molecule has 1 heterocycles. The first-order valence-electron chi connectivity index (χ1n) is 15.2. The maximum atomic E-state index is 13.3. The summed E-state index contributed by atoms with van der Waals surface area (Å²) in [6.07, 6.45) is -7.32. The Hall–Kier alpha value is -5.54. The van der Waals surface area contributed by atoms with Gasteiger partial charge in [0.15, 0.2) is 18.7 Å². The molecule has 1 amide bonds. The number of azide groups is 3. The van der Waals surface area contributed by atoms with Gasteiger partial charge in [-0.15, -0.1) is 0 Å². The zero-order valence-corrected chi connectivity index (χ0v) is 26.6. The molecule has 0 spiro atoms. The zero-order valence-electron chi connectivity index (χ0n) is 26.6. The number of esters is 2. The van der Waals surface area contributed by atoms with E-state index >= 15 is 0 Å². The number of amides is 1. The van der Waals surface area contributed by atoms with E-state index in [1.807, 2.05) is 24.3 Å². The summed E-state index contributed by atoms with van der Waals surface area (Å²) in [7, 11) is 0. The largest absolute Gasteiger partial charge is 0.458 e. The van der Waals surface area contributed by atoms with Gasteiger partial charge >= 0.3 is 18.0 Å². The summed E-state index contributed by atoms with van der Waals surface area (Å²) in [5.74, 6) is -1.58. The summed E-state index contributed by atoms with van der Waals surface area (Å²) in [5, 5.41) is 12.2. The van der Waals surface area contributed by atoms with Gasteiger partial charge in [0.05, 0.1) is 24.7 Å². The van der Waals surface area contributed by atoms with Gasteiger partial charge in [-0.3, -0.25) is 9.59 Å². The van der Waals surface area contributed by atoms with Crippen LogP contribution < -0.4 is 0 Å². The SMILES string of the molecule is CC(=O)OC1C(N=[N+]=[N-])CC(N=[N+]=[N-])C(OC2OC(ON(Cc3ccccc3)C(=O)OCc3ccccc3)CCC2N=[N+]=[N-])C1OC(C)=O. The first-order valence-corrected chi connectivity index (χ1v) is 15.2. The van der Waals surface area contributed by atoms with Crippen molar-refractivity contribution in [3.8, 4) is 0 Å². The predicted molar refractivity (Wildman–Crippen MR) is 167 cm³/mol. The number of hydroxylamine groups is 2. The minimum atomic E-state index is -1.44. The Kier molecular flexibility index (Phi) is 13.4. The summed E-state index contributed by atoms with van der Waals surface area (Å²) in [5.41, 5.74) is 29.3. The zero-order chi connectivity index (χ0) is 35.2. The van der Waals surface area contributed by atoms with Crippen LogP contribution in [0.4, 0.5) is 4.79 Å². The van der Waals surface area contributed by atoms with Crippen molar-refractivity contribution in [2.75, 3.05) is 0 Å². The molecule has 0 N–H and O–H groups in total. The highest BCUT2D eigenvalue weighted by Crippen LogP contribution is 2.35. The van der Waals surface area contributed by atoms with E-state index in [-0.39, 0.29) is 32.4 Å². The lowest BCUT2D eigenvalue weighted by atomic mass is 9.84. The minimum Gasteiger partial charge on any atom is -0.458 e. The standard InChI is InChI=1S/C30H34N10O9/c1-18(41)45-26-23(35-38-32)15-24(36-39-33)27(28(26)46-19(2)42)48-29-22(34-37-31)13-14-25(47-29)49-40(16-20-9-5-3-6-10-20)30(43)44-17-21-11-7-4-8-12-21/h3-12,22-29H,13-17H2,1-2H3. The summed E-state index contributed by atoms with van der Waals surface area (Å²) < 4.78 is 28.7. The van der Waals surface area contributed by atoms with E-state index in [0.717, 1.165) is 30.0 Å². The molecule has 2 aromatic rings. The topological polar surface area (TPSA) is 256 Å². The van der Waals surface area contributed by atoms with E-state index in [4.69, 9.17) is 34.1 Å². The van der Waals surface area contributed by atoms with Crippen LogP contribution in [0.25, 0.3) is 31.3 Å². The molecule has 1 saturated heterocycles. The van der Waals surface area contributed by atoms with Gasteiger partial charge < -0.3 is 23.7 Å². The van der Waals surface area contributed by atoms with Gasteiger partial charge in [0.2, 0.25) is 0 Å². The number of benzene rings is 2. The molecule has 49 heavy (non-hydrogen) atoms. The molecule has 19 nitrogen and oxygen atoms in total. The predicted octanol–water partition coefficient (Wildman–Crippen LogP) is 5.91. The first-order chi connectivity index (χ1) is 23.7. The van der Waals surface area contributed by atoms with Crippen LogP contribution in [0.3, 0.4) is 0 Å². The molecule has 0 bridgehead atoms. The monoisotopic (exact) mass is 678 g/mol. The fourth-order valence-electron chi connectivity index (χ4n) is 5.44. The normalized spacial score (nSPS) is 26.0. The molecule has 1 saturated carbocycles. The molecule has 0 radical (unpaired) electrons. The van der Waals surface area contributed by atoms with E-state index in [1.54, 1.807) is 36.4 Å². The Balaban J connectivity index is 1.60. The number of rotatable bonds is 13. The van der Waals surface area contributed by atoms with E-state index < -0.39 is 67.0 Å². The Morgan fingerprint density at radius 2 is 1.33 bits per heavy atom. The summed E-state index contributed by atoms with van der Waals surface area (Å²) >= 11 is 0. The van der Waals surface area contributed by atoms with Gasteiger partial charge in [-0.2, -0.15) is 5.06 Å². The highest BCUT2D eigenvalue weighted by Gasteiger charge is 2.51. The number of hydrogen-bond acceptors (Lipinski definition) is 12. The highest BCUT2D eigenvalue weighted by molar-refractivity contribution is 5.67. The third-order valence-electron chi connectivity index (χ3n) is 7.51. The average Bonchev–Trinajstić information content (AvgIpc) is 3.08. The van der Waals surface area contributed by atoms with Gasteiger partial charge in [0.25, 0.3) is 0 Å². The fraction of sp³-hybridized carbons (Fsp3) is 0.500. The highest BCUT2D eigenvalue weighted by atomic mass is 16.8. The third-order valence-corrected chi connectivity index (χ3v) is 7.51. The van der Waals surface area contributed by atoms with Gasteiger partial charge in [-0.1, -0.05) is 76.0 Å². The summed E-state index contributed by atoms with van der Waals surface area (Å²) in [6, 6.07) is 14.9. The third kappa shape index (κ3) is 10.5. The molecule has 0 aromatic heterocycles. The second-order valence-electron chi connectivity index (χ2n) is 11.0. The van der Waals surface area contributed by atoms with Crippen molar-refractivity contribution in [2.45, 2.75) is 95.3 Å². The molecule has 2 fully saturated rings. The van der Waals surface area contributed by atoms with Gasteiger partial charge in [-0.25, -0.2) is 9.63 Å². The van der Waals surface area contributed by atoms with Crippen molar-refractivity contribution < 1.29 is 42.9 Å². The molecule has 2 aliphatic rings. The van der Waals surface area contributed by atoms with E-state index in [9.17, 15) is 25.4 Å². The van der Waals surface area contributed by atoms with Crippen molar-refractivity contribution in [1.29, 1.82) is 0 Å². The number of nitrogens with zero attached hydrogens (tertiary/aromatic N) is 10. The lowest BCUT2D eigenvalue weighted by Gasteiger charge is -2.45. The molecule has 1 aliphatic heterocycles. The molecule has 19 heteroatoms. The number of carbonyl (C=O) groups excluding carboxylic acids is 3. The summed E-state index contributed by atoms with van der Waals surface area (Å²) in [4.78, 5) is 52.1. The number of hydrogen-bond donors (Lipinski definition) is 0. The molecule has 8 atom stereocenters. The van der Waals surface area contributed by atoms with E-state index in [2.05, 4.69) is 30.1 Å². The van der Waals surface area contributed by atoms with Crippen LogP contribution in [0.5, 0.6) is 0 Å². The molecular formula is C30H34N10O9. The maximum absolute atomic E-state index is 13.3. The van der Waals surface area contributed by atoms with Crippen molar-refractivity contribution >= 4 is 18.0 Å². The van der Waals surface area contributed by atoms with Crippen LogP contribution in [0.15, 0.2) is 76.0 Å². The van der Waals surface area contributed by atoms with Crippen LogP contribution in [-0.4, -0.2) is 72.1 Å². The maximum Gasteiger partial charge on any atom is 0.434 e. The quantitative estimate of drug-likeness (QED) is 0.0608. The Bertz CT molecular complexity index is 1580. The second-order valence-corrected chi connectivity index (χ2v) is 11.0. The number of ether oxygens (including phenoxy) is 5. The fourth-order valence-corrected chi connectivity index (χ4v) is 5.44. The van der Waals surface area contributed by atoms with Crippen LogP contribution in [-0.2, 0) is 51.3 Å². The molecule has 2 aromatic carbocycles. The van der Waals surface area contributed by atoms with Crippen LogP contribution in [0, 0.1) is 0 Å². The summed E-state index contributed by atoms with van der Waals surface area (Å²) in [6.45, 7) is 2.18. The molecule has 4 rings (SSSR count). The van der Waals surface area contributed by atoms with Crippen molar-refractivity contribution in [1.82, 2.24) is 5.06 Å². The lowest BCUT2D eigenvalue weighted by molar-refractivity contribution is -0.344. The number of carbonyl (C=O) groups is 3. The Morgan fingerprint density at radius 3 is 1.92 bits per heavy atom. The molecule has 1 aliphatic carbocycles. The van der Waals surface area contributed by atoms with Crippen LogP contribution >= 0.6 is 0 Å². The van der Waals surface area contributed by atoms with Gasteiger partial charge in [-0.05, 0) is 40.6 Å². The van der Waals surface area contributed by atoms with Gasteiger partial charge in [0.1, 0.15) is 18.8 Å². The Morgan fingerprint density at radius 1 is 0.776 bits per heavy atom. The Labute approximate surface area is 279 Å². The second kappa shape index (κ2) is 18.1. The van der Waals surface area contributed by atoms with Crippen LogP contribution in [0.2, 0.25) is 0 Å².